The molecule has 16 heavy (non-hydrogen) atoms. The molecule has 2 amide bonds. The second-order valence-electron chi connectivity index (χ2n) is 3.77. The Morgan fingerprint density at radius 2 is 2.19 bits per heavy atom. The first-order valence-electron chi connectivity index (χ1n) is 5.33. The maximum atomic E-state index is 11.3. The number of rotatable bonds is 4. The summed E-state index contributed by atoms with van der Waals surface area (Å²) in [5.74, 6) is -0.403. The van der Waals surface area contributed by atoms with Crippen LogP contribution in [0.5, 0.6) is 0 Å². The molecule has 0 bridgehead atoms. The molecule has 4 nitrogen and oxygen atoms in total. The Balaban J connectivity index is 1.87. The largest absolute Gasteiger partial charge is 0.300 e. The fourth-order valence-electron chi connectivity index (χ4n) is 1.65. The fraction of sp³-hybridized carbons (Fsp3) is 0.455. The molecule has 1 unspecified atom stereocenters. The molecule has 86 valence electrons. The van der Waals surface area contributed by atoms with Gasteiger partial charge in [0.1, 0.15) is 0 Å². The zero-order valence-electron chi connectivity index (χ0n) is 9.08. The van der Waals surface area contributed by atoms with Crippen LogP contribution in [-0.2, 0) is 22.6 Å². The number of thiophene rings is 1. The molecule has 2 heterocycles. The van der Waals surface area contributed by atoms with Gasteiger partial charge in [-0.3, -0.25) is 14.9 Å². The number of nitrogens with one attached hydrogen (secondary N) is 2. The third-order valence-corrected chi connectivity index (χ3v) is 3.79. The Morgan fingerprint density at radius 1 is 1.44 bits per heavy atom. The molecule has 2 N–H and O–H groups in total. The van der Waals surface area contributed by atoms with Crippen LogP contribution in [-0.4, -0.2) is 17.9 Å². The van der Waals surface area contributed by atoms with Crippen LogP contribution in [0.15, 0.2) is 12.1 Å². The van der Waals surface area contributed by atoms with Crippen molar-refractivity contribution in [1.29, 1.82) is 0 Å². The van der Waals surface area contributed by atoms with Gasteiger partial charge in [-0.1, -0.05) is 6.92 Å². The number of aryl methyl sites for hydroxylation is 1. The zero-order valence-corrected chi connectivity index (χ0v) is 9.89. The molecule has 0 aromatic carbocycles. The Kier molecular flexibility index (Phi) is 3.36. The molecule has 1 aromatic heterocycles. The molecule has 1 aliphatic rings. The lowest BCUT2D eigenvalue weighted by Gasteiger charge is -2.06. The molecule has 0 aliphatic carbocycles. The Labute approximate surface area is 98.0 Å². The van der Waals surface area contributed by atoms with E-state index in [1.54, 1.807) is 11.3 Å². The molecule has 1 saturated heterocycles. The summed E-state index contributed by atoms with van der Waals surface area (Å²) in [5.41, 5.74) is 0. The lowest BCUT2D eigenvalue weighted by molar-refractivity contribution is -0.125. The van der Waals surface area contributed by atoms with Crippen LogP contribution in [0.25, 0.3) is 0 Å². The first-order chi connectivity index (χ1) is 7.69. The first kappa shape index (κ1) is 11.3. The van der Waals surface area contributed by atoms with E-state index in [0.717, 1.165) is 6.42 Å². The maximum Gasteiger partial charge on any atom is 0.244 e. The van der Waals surface area contributed by atoms with Gasteiger partial charge in [0.2, 0.25) is 11.8 Å². The minimum atomic E-state index is -0.361. The van der Waals surface area contributed by atoms with Crippen LogP contribution in [0.3, 0.4) is 0 Å². The average molecular weight is 238 g/mol. The third kappa shape index (κ3) is 2.48. The lowest BCUT2D eigenvalue weighted by atomic mass is 10.2. The van der Waals surface area contributed by atoms with E-state index in [9.17, 15) is 9.59 Å². The third-order valence-electron chi connectivity index (χ3n) is 2.56. The predicted molar refractivity (Wildman–Crippen MR) is 62.1 cm³/mol. The highest BCUT2D eigenvalue weighted by molar-refractivity contribution is 7.11. The van der Waals surface area contributed by atoms with E-state index < -0.39 is 0 Å². The molecule has 1 atom stereocenters. The van der Waals surface area contributed by atoms with Crippen LogP contribution in [0, 0.1) is 0 Å². The van der Waals surface area contributed by atoms with Crippen LogP contribution >= 0.6 is 11.3 Å². The summed E-state index contributed by atoms with van der Waals surface area (Å²) in [6.07, 6.45) is 1.29. The van der Waals surface area contributed by atoms with Gasteiger partial charge in [-0.25, -0.2) is 0 Å². The SMILES string of the molecule is CCc1ccc(CNC2CC(=O)NC2=O)s1. The van der Waals surface area contributed by atoms with Gasteiger partial charge in [0, 0.05) is 16.3 Å². The maximum absolute atomic E-state index is 11.3. The lowest BCUT2D eigenvalue weighted by Crippen LogP contribution is -2.35. The minimum Gasteiger partial charge on any atom is -0.300 e. The molecular formula is C11H14N2O2S. The van der Waals surface area contributed by atoms with Gasteiger partial charge < -0.3 is 5.32 Å². The zero-order chi connectivity index (χ0) is 11.5. The molecule has 5 heteroatoms. The number of carbonyl (C=O) groups excluding carboxylic acids is 2. The molecule has 0 spiro atoms. The van der Waals surface area contributed by atoms with Gasteiger partial charge in [0.25, 0.3) is 0 Å². The van der Waals surface area contributed by atoms with E-state index in [0.29, 0.717) is 6.54 Å². The van der Waals surface area contributed by atoms with Gasteiger partial charge in [-0.05, 0) is 18.6 Å². The topological polar surface area (TPSA) is 58.2 Å². The predicted octanol–water partition coefficient (Wildman–Crippen LogP) is 0.815. The van der Waals surface area contributed by atoms with Crippen molar-refractivity contribution >= 4 is 23.2 Å². The van der Waals surface area contributed by atoms with E-state index in [1.165, 1.54) is 9.75 Å². The normalized spacial score (nSPS) is 20.2. The summed E-state index contributed by atoms with van der Waals surface area (Å²) in [4.78, 5) is 24.8. The summed E-state index contributed by atoms with van der Waals surface area (Å²) < 4.78 is 0. The van der Waals surface area contributed by atoms with Crippen LogP contribution in [0.2, 0.25) is 0 Å². The Bertz CT molecular complexity index is 414. The highest BCUT2D eigenvalue weighted by Crippen LogP contribution is 2.17. The molecule has 1 fully saturated rings. The molecular weight excluding hydrogens is 224 g/mol. The van der Waals surface area contributed by atoms with Crippen molar-refractivity contribution in [3.05, 3.63) is 21.9 Å². The van der Waals surface area contributed by atoms with Crippen LogP contribution < -0.4 is 10.6 Å². The quantitative estimate of drug-likeness (QED) is 0.763. The molecule has 1 aromatic rings. The van der Waals surface area contributed by atoms with Crippen molar-refractivity contribution in [2.24, 2.45) is 0 Å². The first-order valence-corrected chi connectivity index (χ1v) is 6.15. The second kappa shape index (κ2) is 4.76. The van der Waals surface area contributed by atoms with Crippen molar-refractivity contribution in [2.45, 2.75) is 32.4 Å². The number of hydrogen-bond donors (Lipinski definition) is 2. The van der Waals surface area contributed by atoms with Crippen LogP contribution in [0.1, 0.15) is 23.1 Å². The van der Waals surface area contributed by atoms with E-state index in [4.69, 9.17) is 0 Å². The van der Waals surface area contributed by atoms with E-state index in [-0.39, 0.29) is 24.3 Å². The summed E-state index contributed by atoms with van der Waals surface area (Å²) in [7, 11) is 0. The summed E-state index contributed by atoms with van der Waals surface area (Å²) >= 11 is 1.74. The monoisotopic (exact) mass is 238 g/mol. The van der Waals surface area contributed by atoms with Crippen molar-refractivity contribution in [1.82, 2.24) is 10.6 Å². The van der Waals surface area contributed by atoms with Crippen molar-refractivity contribution in [2.75, 3.05) is 0 Å². The van der Waals surface area contributed by atoms with Gasteiger partial charge in [0.15, 0.2) is 0 Å². The summed E-state index contributed by atoms with van der Waals surface area (Å²) in [5, 5.41) is 5.38. The number of hydrogen-bond acceptors (Lipinski definition) is 4. The van der Waals surface area contributed by atoms with Gasteiger partial charge >= 0.3 is 0 Å². The Hall–Kier alpha value is -1.20. The van der Waals surface area contributed by atoms with Crippen molar-refractivity contribution < 1.29 is 9.59 Å². The number of carbonyl (C=O) groups is 2. The van der Waals surface area contributed by atoms with Gasteiger partial charge in [-0.15, -0.1) is 11.3 Å². The highest BCUT2D eigenvalue weighted by Gasteiger charge is 2.29. The summed E-state index contributed by atoms with van der Waals surface area (Å²) in [6, 6.07) is 3.80. The highest BCUT2D eigenvalue weighted by atomic mass is 32.1. The molecule has 0 radical (unpaired) electrons. The number of amides is 2. The second-order valence-corrected chi connectivity index (χ2v) is 5.02. The van der Waals surface area contributed by atoms with E-state index in [1.807, 2.05) is 0 Å². The van der Waals surface area contributed by atoms with Crippen LogP contribution in [0.4, 0.5) is 0 Å². The number of imide groups is 1. The van der Waals surface area contributed by atoms with Crippen molar-refractivity contribution in [3.8, 4) is 0 Å². The molecule has 2 rings (SSSR count). The van der Waals surface area contributed by atoms with E-state index >= 15 is 0 Å². The molecule has 0 saturated carbocycles. The fourth-order valence-corrected chi connectivity index (χ4v) is 2.56. The van der Waals surface area contributed by atoms with Gasteiger partial charge in [0.05, 0.1) is 12.5 Å². The smallest absolute Gasteiger partial charge is 0.244 e. The van der Waals surface area contributed by atoms with Crippen molar-refractivity contribution in [3.63, 3.8) is 0 Å². The average Bonchev–Trinajstić information content (AvgIpc) is 2.82. The van der Waals surface area contributed by atoms with Gasteiger partial charge in [-0.2, -0.15) is 0 Å². The minimum absolute atomic E-state index is 0.192. The molecule has 1 aliphatic heterocycles. The van der Waals surface area contributed by atoms with E-state index in [2.05, 4.69) is 29.7 Å². The Morgan fingerprint density at radius 3 is 2.75 bits per heavy atom. The summed E-state index contributed by atoms with van der Waals surface area (Å²) in [6.45, 7) is 2.77. The standard InChI is InChI=1S/C11H14N2O2S/c1-2-7-3-4-8(16-7)6-12-9-5-10(14)13-11(9)15/h3-4,9,12H,2,5-6H2,1H3,(H,13,14,15).